The van der Waals surface area contributed by atoms with E-state index in [1.54, 1.807) is 12.1 Å². The Labute approximate surface area is 163 Å². The van der Waals surface area contributed by atoms with Crippen LogP contribution in [0.25, 0.3) is 0 Å². The standard InChI is InChI=1S/C24H31FN2/c25-23-13-11-22(12-14-23)24(21-9-5-2-6-10-21)27-17-15-26(16-18-27)19-20-7-3-1-4-8-20/h1,3-4,7-8,11-14,21,24H,2,5-6,9-10,15-19H2. The normalized spacial score (nSPS) is 21.2. The van der Waals surface area contributed by atoms with Gasteiger partial charge in [0.15, 0.2) is 0 Å². The van der Waals surface area contributed by atoms with Crippen molar-refractivity contribution in [3.8, 4) is 0 Å². The lowest BCUT2D eigenvalue weighted by Gasteiger charge is -2.43. The highest BCUT2D eigenvalue weighted by molar-refractivity contribution is 5.21. The first-order valence-corrected chi connectivity index (χ1v) is 10.6. The minimum Gasteiger partial charge on any atom is -0.297 e. The fourth-order valence-corrected chi connectivity index (χ4v) is 4.93. The summed E-state index contributed by atoms with van der Waals surface area (Å²) in [5, 5.41) is 0. The van der Waals surface area contributed by atoms with Gasteiger partial charge in [-0.3, -0.25) is 9.80 Å². The average Bonchev–Trinajstić information content (AvgIpc) is 2.73. The molecule has 1 aliphatic carbocycles. The maximum absolute atomic E-state index is 13.5. The van der Waals surface area contributed by atoms with Gasteiger partial charge < -0.3 is 0 Å². The third kappa shape index (κ3) is 4.77. The van der Waals surface area contributed by atoms with Crippen LogP contribution in [0.1, 0.15) is 49.3 Å². The van der Waals surface area contributed by atoms with Crippen LogP contribution in [-0.2, 0) is 6.54 Å². The Morgan fingerprint density at radius 1 is 0.815 bits per heavy atom. The second-order valence-electron chi connectivity index (χ2n) is 8.19. The van der Waals surface area contributed by atoms with E-state index in [1.807, 2.05) is 12.1 Å². The number of benzene rings is 2. The Morgan fingerprint density at radius 3 is 2.15 bits per heavy atom. The smallest absolute Gasteiger partial charge is 0.123 e. The predicted octanol–water partition coefficient (Wildman–Crippen LogP) is 5.26. The molecule has 0 spiro atoms. The van der Waals surface area contributed by atoms with Gasteiger partial charge in [0.2, 0.25) is 0 Å². The van der Waals surface area contributed by atoms with Crippen molar-refractivity contribution < 1.29 is 4.39 Å². The molecule has 2 aliphatic rings. The lowest BCUT2D eigenvalue weighted by atomic mass is 9.80. The second kappa shape index (κ2) is 8.99. The Morgan fingerprint density at radius 2 is 1.48 bits per heavy atom. The van der Waals surface area contributed by atoms with Crippen LogP contribution in [0.4, 0.5) is 4.39 Å². The molecule has 0 bridgehead atoms. The first kappa shape index (κ1) is 18.6. The van der Waals surface area contributed by atoms with Crippen molar-refractivity contribution in [1.82, 2.24) is 9.80 Å². The molecule has 0 aromatic heterocycles. The molecule has 1 unspecified atom stereocenters. The molecule has 3 heteroatoms. The van der Waals surface area contributed by atoms with Crippen LogP contribution in [0, 0.1) is 11.7 Å². The van der Waals surface area contributed by atoms with Gasteiger partial charge in [0, 0.05) is 38.8 Å². The van der Waals surface area contributed by atoms with E-state index in [1.165, 1.54) is 43.2 Å². The zero-order valence-electron chi connectivity index (χ0n) is 16.2. The first-order chi connectivity index (χ1) is 13.3. The van der Waals surface area contributed by atoms with E-state index in [-0.39, 0.29) is 5.82 Å². The highest BCUT2D eigenvalue weighted by Crippen LogP contribution is 2.38. The van der Waals surface area contributed by atoms with E-state index in [0.717, 1.165) is 32.7 Å². The van der Waals surface area contributed by atoms with Gasteiger partial charge in [-0.1, -0.05) is 61.7 Å². The van der Waals surface area contributed by atoms with Gasteiger partial charge in [0.25, 0.3) is 0 Å². The zero-order valence-corrected chi connectivity index (χ0v) is 16.2. The van der Waals surface area contributed by atoms with E-state index in [2.05, 4.69) is 40.1 Å². The molecular weight excluding hydrogens is 335 g/mol. The Bertz CT molecular complexity index is 686. The monoisotopic (exact) mass is 366 g/mol. The molecule has 1 saturated carbocycles. The van der Waals surface area contributed by atoms with Crippen LogP contribution < -0.4 is 0 Å². The number of piperazine rings is 1. The summed E-state index contributed by atoms with van der Waals surface area (Å²) < 4.78 is 13.5. The number of hydrogen-bond donors (Lipinski definition) is 0. The van der Waals surface area contributed by atoms with Crippen molar-refractivity contribution >= 4 is 0 Å². The molecule has 144 valence electrons. The zero-order chi connectivity index (χ0) is 18.5. The Hall–Kier alpha value is -1.71. The van der Waals surface area contributed by atoms with Gasteiger partial charge in [0.1, 0.15) is 5.82 Å². The van der Waals surface area contributed by atoms with Gasteiger partial charge >= 0.3 is 0 Å². The van der Waals surface area contributed by atoms with Crippen molar-refractivity contribution in [2.24, 2.45) is 5.92 Å². The molecule has 0 N–H and O–H groups in total. The first-order valence-electron chi connectivity index (χ1n) is 10.6. The highest BCUT2D eigenvalue weighted by atomic mass is 19.1. The third-order valence-electron chi connectivity index (χ3n) is 6.36. The van der Waals surface area contributed by atoms with E-state index >= 15 is 0 Å². The van der Waals surface area contributed by atoms with Gasteiger partial charge in [-0.05, 0) is 42.0 Å². The second-order valence-corrected chi connectivity index (χ2v) is 8.19. The Balaban J connectivity index is 1.44. The average molecular weight is 367 g/mol. The van der Waals surface area contributed by atoms with E-state index < -0.39 is 0 Å². The Kier molecular flexibility index (Phi) is 6.21. The fraction of sp³-hybridized carbons (Fsp3) is 0.500. The van der Waals surface area contributed by atoms with Gasteiger partial charge in [-0.2, -0.15) is 0 Å². The summed E-state index contributed by atoms with van der Waals surface area (Å²) in [7, 11) is 0. The van der Waals surface area contributed by atoms with Crippen molar-refractivity contribution in [2.45, 2.75) is 44.7 Å². The summed E-state index contributed by atoms with van der Waals surface area (Å²) in [5.41, 5.74) is 2.70. The molecular formula is C24H31FN2. The summed E-state index contributed by atoms with van der Waals surface area (Å²) >= 11 is 0. The quantitative estimate of drug-likeness (QED) is 0.712. The summed E-state index contributed by atoms with van der Waals surface area (Å²) in [6.07, 6.45) is 6.68. The molecule has 4 rings (SSSR count). The van der Waals surface area contributed by atoms with Gasteiger partial charge in [0.05, 0.1) is 0 Å². The van der Waals surface area contributed by atoms with Crippen LogP contribution in [0.3, 0.4) is 0 Å². The van der Waals surface area contributed by atoms with Gasteiger partial charge in [-0.15, -0.1) is 0 Å². The molecule has 27 heavy (non-hydrogen) atoms. The minimum absolute atomic E-state index is 0.131. The molecule has 0 amide bonds. The van der Waals surface area contributed by atoms with E-state index in [4.69, 9.17) is 0 Å². The van der Waals surface area contributed by atoms with Crippen LogP contribution in [0.2, 0.25) is 0 Å². The molecule has 1 atom stereocenters. The fourth-order valence-electron chi connectivity index (χ4n) is 4.93. The van der Waals surface area contributed by atoms with E-state index in [9.17, 15) is 4.39 Å². The van der Waals surface area contributed by atoms with Crippen molar-refractivity contribution in [3.05, 3.63) is 71.5 Å². The maximum atomic E-state index is 13.5. The molecule has 2 aromatic carbocycles. The summed E-state index contributed by atoms with van der Waals surface area (Å²) in [4.78, 5) is 5.24. The largest absolute Gasteiger partial charge is 0.297 e. The lowest BCUT2D eigenvalue weighted by molar-refractivity contribution is 0.0547. The van der Waals surface area contributed by atoms with Crippen molar-refractivity contribution in [3.63, 3.8) is 0 Å². The highest BCUT2D eigenvalue weighted by Gasteiger charge is 2.32. The number of halogens is 1. The van der Waals surface area contributed by atoms with Crippen molar-refractivity contribution in [1.29, 1.82) is 0 Å². The third-order valence-corrected chi connectivity index (χ3v) is 6.36. The predicted molar refractivity (Wildman–Crippen MR) is 109 cm³/mol. The molecule has 1 saturated heterocycles. The minimum atomic E-state index is -0.131. The van der Waals surface area contributed by atoms with Crippen molar-refractivity contribution in [2.75, 3.05) is 26.2 Å². The van der Waals surface area contributed by atoms with Crippen LogP contribution in [0.15, 0.2) is 54.6 Å². The maximum Gasteiger partial charge on any atom is 0.123 e. The summed E-state index contributed by atoms with van der Waals surface area (Å²) in [6, 6.07) is 18.5. The molecule has 1 heterocycles. The number of rotatable bonds is 5. The van der Waals surface area contributed by atoms with Crippen LogP contribution in [0.5, 0.6) is 0 Å². The van der Waals surface area contributed by atoms with Gasteiger partial charge in [-0.25, -0.2) is 4.39 Å². The molecule has 0 radical (unpaired) electrons. The number of hydrogen-bond acceptors (Lipinski definition) is 2. The topological polar surface area (TPSA) is 6.48 Å². The number of nitrogens with zero attached hydrogens (tertiary/aromatic N) is 2. The van der Waals surface area contributed by atoms with Crippen LogP contribution in [-0.4, -0.2) is 36.0 Å². The summed E-state index contributed by atoms with van der Waals surface area (Å²) in [6.45, 7) is 5.47. The van der Waals surface area contributed by atoms with E-state index in [0.29, 0.717) is 12.0 Å². The molecule has 2 fully saturated rings. The molecule has 2 nitrogen and oxygen atoms in total. The van der Waals surface area contributed by atoms with Crippen LogP contribution >= 0.6 is 0 Å². The summed E-state index contributed by atoms with van der Waals surface area (Å²) in [5.74, 6) is 0.582. The SMILES string of the molecule is Fc1ccc(C(C2CCCCC2)N2CCN(Cc3ccccc3)CC2)cc1. The molecule has 1 aliphatic heterocycles. The molecule has 2 aromatic rings. The lowest BCUT2D eigenvalue weighted by Crippen LogP contribution is -2.48.